The Balaban J connectivity index is 1.32. The first-order chi connectivity index (χ1) is 23.1. The van der Waals surface area contributed by atoms with Crippen molar-refractivity contribution >= 4 is 10.8 Å². The highest BCUT2D eigenvalue weighted by molar-refractivity contribution is 5.86. The maximum absolute atomic E-state index is 15.0. The maximum atomic E-state index is 15.0. The van der Waals surface area contributed by atoms with Gasteiger partial charge in [0.15, 0.2) is 6.29 Å². The second-order valence-electron chi connectivity index (χ2n) is 10.8. The molecule has 5 rings (SSSR count). The third kappa shape index (κ3) is 8.37. The first kappa shape index (κ1) is 35.3. The molecule has 1 aliphatic rings. The lowest BCUT2D eigenvalue weighted by molar-refractivity contribution is -0.205. The van der Waals surface area contributed by atoms with Gasteiger partial charge in [-0.05, 0) is 66.8 Å². The monoisotopic (exact) mass is 692 g/mol. The lowest BCUT2D eigenvalue weighted by Gasteiger charge is -2.29. The third-order valence-electron chi connectivity index (χ3n) is 7.26. The van der Waals surface area contributed by atoms with Crippen molar-refractivity contribution in [1.82, 2.24) is 0 Å². The van der Waals surface area contributed by atoms with Crippen molar-refractivity contribution in [2.24, 2.45) is 5.92 Å². The quantitative estimate of drug-likeness (QED) is 0.110. The molecule has 0 spiro atoms. The van der Waals surface area contributed by atoms with Crippen LogP contribution < -0.4 is 4.74 Å². The summed E-state index contributed by atoms with van der Waals surface area (Å²) in [7, 11) is 0. The van der Waals surface area contributed by atoms with Crippen LogP contribution in [0.1, 0.15) is 46.9 Å². The van der Waals surface area contributed by atoms with Gasteiger partial charge in [-0.15, -0.1) is 6.58 Å². The summed E-state index contributed by atoms with van der Waals surface area (Å²) >= 11 is 0. The van der Waals surface area contributed by atoms with Gasteiger partial charge in [-0.3, -0.25) is 0 Å². The van der Waals surface area contributed by atoms with Crippen LogP contribution in [0.25, 0.3) is 10.8 Å². The molecule has 4 aromatic rings. The highest BCUT2D eigenvalue weighted by atomic mass is 19.4. The molecule has 0 N–H and O–H groups in total. The zero-order valence-electron chi connectivity index (χ0n) is 25.0. The molecule has 49 heavy (non-hydrogen) atoms. The van der Waals surface area contributed by atoms with Gasteiger partial charge in [0.1, 0.15) is 40.4 Å². The van der Waals surface area contributed by atoms with Crippen LogP contribution in [-0.4, -0.2) is 19.4 Å². The van der Waals surface area contributed by atoms with Crippen LogP contribution in [0.3, 0.4) is 0 Å². The van der Waals surface area contributed by atoms with E-state index in [1.807, 2.05) is 0 Å². The van der Waals surface area contributed by atoms with Crippen molar-refractivity contribution in [2.75, 3.05) is 13.2 Å². The fourth-order valence-corrected chi connectivity index (χ4v) is 4.92. The maximum Gasteiger partial charge on any atom is 0.458 e. The molecule has 0 atom stereocenters. The lowest BCUT2D eigenvalue weighted by atomic mass is 10.0. The fraction of sp³-hybridized carbons (Fsp3) is 0.222. The number of benzene rings is 4. The van der Waals surface area contributed by atoms with Crippen LogP contribution in [0.4, 0.5) is 43.9 Å². The number of rotatable bonds is 7. The molecular formula is C36H22F10O3. The summed E-state index contributed by atoms with van der Waals surface area (Å²) in [5, 5.41) is -0.905. The van der Waals surface area contributed by atoms with Crippen molar-refractivity contribution in [1.29, 1.82) is 0 Å². The van der Waals surface area contributed by atoms with E-state index >= 15 is 8.78 Å². The minimum Gasteiger partial charge on any atom is -0.429 e. The molecule has 1 aliphatic heterocycles. The molecule has 0 radical (unpaired) electrons. The summed E-state index contributed by atoms with van der Waals surface area (Å²) in [6.45, 7) is 4.49. The molecule has 0 aliphatic carbocycles. The lowest BCUT2D eigenvalue weighted by Crippen LogP contribution is -2.27. The molecular weight excluding hydrogens is 670 g/mol. The number of allylic oxidation sites excluding steroid dienone is 1. The van der Waals surface area contributed by atoms with Gasteiger partial charge in [-0.2, -0.15) is 22.0 Å². The number of hydrogen-bond donors (Lipinski definition) is 0. The molecule has 0 amide bonds. The zero-order valence-corrected chi connectivity index (χ0v) is 25.0. The molecule has 0 unspecified atom stereocenters. The van der Waals surface area contributed by atoms with E-state index in [4.69, 9.17) is 9.47 Å². The van der Waals surface area contributed by atoms with Crippen LogP contribution in [0.2, 0.25) is 0 Å². The largest absolute Gasteiger partial charge is 0.458 e. The van der Waals surface area contributed by atoms with Gasteiger partial charge < -0.3 is 14.2 Å². The van der Waals surface area contributed by atoms with Crippen molar-refractivity contribution in [3.05, 3.63) is 124 Å². The Morgan fingerprint density at radius 2 is 1.49 bits per heavy atom. The molecule has 13 heteroatoms. The van der Waals surface area contributed by atoms with E-state index in [0.29, 0.717) is 43.0 Å². The molecule has 0 bridgehead atoms. The van der Waals surface area contributed by atoms with E-state index in [0.717, 1.165) is 37.0 Å². The Hall–Kier alpha value is -4.98. The van der Waals surface area contributed by atoms with Crippen LogP contribution in [0.5, 0.6) is 5.75 Å². The van der Waals surface area contributed by atoms with Gasteiger partial charge in [0.2, 0.25) is 0 Å². The topological polar surface area (TPSA) is 27.7 Å². The minimum atomic E-state index is -5.03. The molecule has 1 heterocycles. The van der Waals surface area contributed by atoms with Gasteiger partial charge in [0.25, 0.3) is 0 Å². The normalized spacial score (nSPS) is 16.4. The Kier molecular flexibility index (Phi) is 10.3. The number of fused-ring (bicyclic) bond motifs is 1. The van der Waals surface area contributed by atoms with Crippen LogP contribution in [0, 0.1) is 58.7 Å². The smallest absolute Gasteiger partial charge is 0.429 e. The summed E-state index contributed by atoms with van der Waals surface area (Å²) in [4.78, 5) is 0. The van der Waals surface area contributed by atoms with Crippen molar-refractivity contribution in [3.8, 4) is 29.4 Å². The predicted molar refractivity (Wildman–Crippen MR) is 158 cm³/mol. The summed E-state index contributed by atoms with van der Waals surface area (Å²) in [5.74, 6) is -1.15. The first-order valence-corrected chi connectivity index (χ1v) is 14.4. The Labute approximate surface area is 273 Å². The summed E-state index contributed by atoms with van der Waals surface area (Å²) in [5.41, 5.74) is -3.21. The molecule has 254 valence electrons. The first-order valence-electron chi connectivity index (χ1n) is 14.4. The minimum absolute atomic E-state index is 0.161. The van der Waals surface area contributed by atoms with Crippen molar-refractivity contribution in [2.45, 2.75) is 31.4 Å². The predicted octanol–water partition coefficient (Wildman–Crippen LogP) is 9.60. The number of halogens is 10. The standard InChI is InChI=1S/C36H22F10O3/c1-2-3-4-21-18-47-34(48-19-21)23-8-7-22(28(37)16-23)6-5-20-13-30(39)32(31(40)14-20)36(45,46)49-25-9-10-26-24(15-25)17-29(38)27(33(26)41)11-12-35(42,43)44/h2,7-10,13-17,21,34H,1,3-4,18-19H2. The van der Waals surface area contributed by atoms with E-state index < -0.39 is 80.9 Å². The summed E-state index contributed by atoms with van der Waals surface area (Å²) in [6, 6.07) is 7.66. The van der Waals surface area contributed by atoms with Gasteiger partial charge >= 0.3 is 12.3 Å². The van der Waals surface area contributed by atoms with Crippen LogP contribution in [-0.2, 0) is 15.6 Å². The fourth-order valence-electron chi connectivity index (χ4n) is 4.92. The highest BCUT2D eigenvalue weighted by Crippen LogP contribution is 2.37. The zero-order chi connectivity index (χ0) is 35.5. The number of hydrogen-bond acceptors (Lipinski definition) is 3. The van der Waals surface area contributed by atoms with E-state index in [1.54, 1.807) is 6.08 Å². The average Bonchev–Trinajstić information content (AvgIpc) is 3.02. The number of alkyl halides is 5. The van der Waals surface area contributed by atoms with Gasteiger partial charge in [-0.1, -0.05) is 29.9 Å². The molecule has 1 saturated heterocycles. The molecule has 1 fully saturated rings. The van der Waals surface area contributed by atoms with Gasteiger partial charge in [0.05, 0.1) is 24.3 Å². The van der Waals surface area contributed by atoms with Gasteiger partial charge in [-0.25, -0.2) is 22.0 Å². The molecule has 0 saturated carbocycles. The second kappa shape index (κ2) is 14.2. The second-order valence-corrected chi connectivity index (χ2v) is 10.8. The van der Waals surface area contributed by atoms with E-state index in [-0.39, 0.29) is 11.5 Å². The van der Waals surface area contributed by atoms with Crippen molar-refractivity contribution < 1.29 is 58.1 Å². The van der Waals surface area contributed by atoms with Crippen molar-refractivity contribution in [3.63, 3.8) is 0 Å². The summed E-state index contributed by atoms with van der Waals surface area (Å²) in [6.07, 6.45) is -7.08. The third-order valence-corrected chi connectivity index (χ3v) is 7.26. The SMILES string of the molecule is C=CCCC1COC(c2ccc(C#Cc3cc(F)c(C(F)(F)Oc4ccc5c(F)c(C#CC(F)(F)F)c(F)cc5c4)c(F)c3)c(F)c2)OC1. The van der Waals surface area contributed by atoms with Crippen LogP contribution >= 0.6 is 0 Å². The Bertz CT molecular complexity index is 2000. The molecule has 3 nitrogen and oxygen atoms in total. The Morgan fingerprint density at radius 3 is 2.12 bits per heavy atom. The Morgan fingerprint density at radius 1 is 0.796 bits per heavy atom. The van der Waals surface area contributed by atoms with Gasteiger partial charge in [0, 0.05) is 28.4 Å². The summed E-state index contributed by atoms with van der Waals surface area (Å²) < 4.78 is 157. The van der Waals surface area contributed by atoms with E-state index in [9.17, 15) is 35.1 Å². The molecule has 0 aromatic heterocycles. The molecule has 4 aromatic carbocycles. The average molecular weight is 693 g/mol. The van der Waals surface area contributed by atoms with E-state index in [1.165, 1.54) is 18.1 Å². The van der Waals surface area contributed by atoms with E-state index in [2.05, 4.69) is 23.2 Å². The number of ether oxygens (including phenoxy) is 3. The highest BCUT2D eigenvalue weighted by Gasteiger charge is 2.41. The van der Waals surface area contributed by atoms with Crippen LogP contribution in [0.15, 0.2) is 67.3 Å².